The number of ether oxygens (including phenoxy) is 2. The fourth-order valence-electron chi connectivity index (χ4n) is 1.55. The molecule has 0 N–H and O–H groups in total. The number of rotatable bonds is 3. The zero-order valence-corrected chi connectivity index (χ0v) is 9.71. The number of pyridine rings is 1. The molecule has 0 aliphatic carbocycles. The topological polar surface area (TPSA) is 40.5 Å². The van der Waals surface area contributed by atoms with Gasteiger partial charge in [0.2, 0.25) is 0 Å². The summed E-state index contributed by atoms with van der Waals surface area (Å²) in [5.74, 6) is 1.34. The Morgan fingerprint density at radius 1 is 1.00 bits per heavy atom. The Hall–Kier alpha value is -2.23. The van der Waals surface area contributed by atoms with Crippen LogP contribution in [-0.2, 0) is 0 Å². The van der Waals surface area contributed by atoms with Gasteiger partial charge < -0.3 is 9.47 Å². The van der Waals surface area contributed by atoms with E-state index < -0.39 is 0 Å². The summed E-state index contributed by atoms with van der Waals surface area (Å²) in [6.45, 7) is 0. The quantitative estimate of drug-likeness (QED) is 0.809. The second kappa shape index (κ2) is 4.74. The largest absolute Gasteiger partial charge is 0.497 e. The minimum Gasteiger partial charge on any atom is -0.497 e. The third kappa shape index (κ3) is 2.30. The Bertz CT molecular complexity index is 575. The van der Waals surface area contributed by atoms with Crippen LogP contribution in [0.3, 0.4) is 0 Å². The summed E-state index contributed by atoms with van der Waals surface area (Å²) in [5, 5.41) is 0. The van der Waals surface area contributed by atoms with E-state index in [2.05, 4.69) is 0 Å². The van der Waals surface area contributed by atoms with Crippen LogP contribution < -0.4 is 15.0 Å². The summed E-state index contributed by atoms with van der Waals surface area (Å²) in [4.78, 5) is 11.8. The SMILES string of the molecule is COc1cccc(-n2cc(OC)ccc2=O)c1. The van der Waals surface area contributed by atoms with E-state index in [1.165, 1.54) is 10.6 Å². The van der Waals surface area contributed by atoms with Gasteiger partial charge in [0.05, 0.1) is 26.1 Å². The molecule has 0 radical (unpaired) electrons. The molecule has 0 aliphatic heterocycles. The van der Waals surface area contributed by atoms with Crippen molar-refractivity contribution in [3.05, 3.63) is 52.9 Å². The maximum atomic E-state index is 11.8. The van der Waals surface area contributed by atoms with Gasteiger partial charge in [-0.2, -0.15) is 0 Å². The third-order valence-corrected chi connectivity index (χ3v) is 2.45. The predicted molar refractivity (Wildman–Crippen MR) is 65.1 cm³/mol. The smallest absolute Gasteiger partial charge is 0.255 e. The summed E-state index contributed by atoms with van der Waals surface area (Å²) in [6.07, 6.45) is 1.65. The number of hydrogen-bond acceptors (Lipinski definition) is 3. The monoisotopic (exact) mass is 231 g/mol. The lowest BCUT2D eigenvalue weighted by Gasteiger charge is -2.08. The van der Waals surface area contributed by atoms with Crippen LogP contribution in [0, 0.1) is 0 Å². The molecule has 4 heteroatoms. The van der Waals surface area contributed by atoms with Crippen LogP contribution in [-0.4, -0.2) is 18.8 Å². The first-order chi connectivity index (χ1) is 8.24. The van der Waals surface area contributed by atoms with Gasteiger partial charge in [-0.05, 0) is 18.2 Å². The molecule has 88 valence electrons. The van der Waals surface area contributed by atoms with Gasteiger partial charge in [-0.25, -0.2) is 0 Å². The van der Waals surface area contributed by atoms with Gasteiger partial charge in [-0.15, -0.1) is 0 Å². The second-order valence-corrected chi connectivity index (χ2v) is 3.48. The Kier molecular flexibility index (Phi) is 3.14. The standard InChI is InChI=1S/C13H13NO3/c1-16-11-5-3-4-10(8-11)14-9-12(17-2)6-7-13(14)15/h3-9H,1-2H3. The van der Waals surface area contributed by atoms with Crippen molar-refractivity contribution in [2.75, 3.05) is 14.2 Å². The van der Waals surface area contributed by atoms with Gasteiger partial charge in [-0.3, -0.25) is 9.36 Å². The maximum absolute atomic E-state index is 11.8. The molecule has 17 heavy (non-hydrogen) atoms. The molecule has 1 heterocycles. The second-order valence-electron chi connectivity index (χ2n) is 3.48. The van der Waals surface area contributed by atoms with Gasteiger partial charge in [-0.1, -0.05) is 6.07 Å². The van der Waals surface area contributed by atoms with Crippen LogP contribution >= 0.6 is 0 Å². The van der Waals surface area contributed by atoms with Crippen molar-refractivity contribution in [1.82, 2.24) is 4.57 Å². The first kappa shape index (κ1) is 11.3. The summed E-state index contributed by atoms with van der Waals surface area (Å²) < 4.78 is 11.7. The molecular formula is C13H13NO3. The first-order valence-electron chi connectivity index (χ1n) is 5.16. The number of methoxy groups -OCH3 is 2. The molecule has 0 fully saturated rings. The van der Waals surface area contributed by atoms with Gasteiger partial charge in [0.25, 0.3) is 5.56 Å². The fraction of sp³-hybridized carbons (Fsp3) is 0.154. The fourth-order valence-corrected chi connectivity index (χ4v) is 1.55. The van der Waals surface area contributed by atoms with Crippen LogP contribution in [0.1, 0.15) is 0 Å². The average Bonchev–Trinajstić information content (AvgIpc) is 2.39. The van der Waals surface area contributed by atoms with Crippen molar-refractivity contribution < 1.29 is 9.47 Å². The Balaban J connectivity index is 2.55. The molecule has 0 aliphatic rings. The van der Waals surface area contributed by atoms with Crippen LogP contribution in [0.2, 0.25) is 0 Å². The van der Waals surface area contributed by atoms with Crippen LogP contribution in [0.5, 0.6) is 11.5 Å². The molecule has 4 nitrogen and oxygen atoms in total. The van der Waals surface area contributed by atoms with E-state index in [-0.39, 0.29) is 5.56 Å². The van der Waals surface area contributed by atoms with Crippen molar-refractivity contribution >= 4 is 0 Å². The van der Waals surface area contributed by atoms with Crippen LogP contribution in [0.15, 0.2) is 47.4 Å². The summed E-state index contributed by atoms with van der Waals surface area (Å²) in [7, 11) is 3.16. The lowest BCUT2D eigenvalue weighted by molar-refractivity contribution is 0.410. The van der Waals surface area contributed by atoms with E-state index in [4.69, 9.17) is 9.47 Å². The Morgan fingerprint density at radius 3 is 2.47 bits per heavy atom. The van der Waals surface area contributed by atoms with E-state index in [0.29, 0.717) is 11.5 Å². The molecule has 0 spiro atoms. The highest BCUT2D eigenvalue weighted by Gasteiger charge is 2.02. The number of hydrogen-bond donors (Lipinski definition) is 0. The Labute approximate surface area is 99.0 Å². The molecule has 1 aromatic heterocycles. The van der Waals surface area contributed by atoms with E-state index in [9.17, 15) is 4.79 Å². The molecule has 0 atom stereocenters. The zero-order valence-electron chi connectivity index (χ0n) is 9.71. The van der Waals surface area contributed by atoms with Gasteiger partial charge in [0.15, 0.2) is 0 Å². The first-order valence-corrected chi connectivity index (χ1v) is 5.16. The highest BCUT2D eigenvalue weighted by Crippen LogP contribution is 2.16. The van der Waals surface area contributed by atoms with Gasteiger partial charge in [0, 0.05) is 12.1 Å². The lowest BCUT2D eigenvalue weighted by Crippen LogP contribution is -2.16. The highest BCUT2D eigenvalue weighted by molar-refractivity contribution is 5.40. The van der Waals surface area contributed by atoms with Gasteiger partial charge >= 0.3 is 0 Å². The molecule has 0 bridgehead atoms. The zero-order chi connectivity index (χ0) is 12.3. The minimum absolute atomic E-state index is 0.112. The molecule has 0 saturated heterocycles. The van der Waals surface area contributed by atoms with Crippen LogP contribution in [0.4, 0.5) is 0 Å². The average molecular weight is 231 g/mol. The minimum atomic E-state index is -0.112. The van der Waals surface area contributed by atoms with E-state index in [1.54, 1.807) is 32.5 Å². The van der Waals surface area contributed by atoms with E-state index >= 15 is 0 Å². The number of benzene rings is 1. The lowest BCUT2D eigenvalue weighted by atomic mass is 10.3. The molecule has 0 amide bonds. The molecule has 0 saturated carbocycles. The van der Waals surface area contributed by atoms with Crippen LogP contribution in [0.25, 0.3) is 5.69 Å². The molecule has 0 unspecified atom stereocenters. The summed E-state index contributed by atoms with van der Waals surface area (Å²) in [5.41, 5.74) is 0.632. The van der Waals surface area contributed by atoms with Crippen molar-refractivity contribution in [2.45, 2.75) is 0 Å². The normalized spacial score (nSPS) is 10.0. The number of nitrogens with zero attached hydrogens (tertiary/aromatic N) is 1. The van der Waals surface area contributed by atoms with Crippen molar-refractivity contribution in [3.63, 3.8) is 0 Å². The maximum Gasteiger partial charge on any atom is 0.255 e. The van der Waals surface area contributed by atoms with Gasteiger partial charge in [0.1, 0.15) is 11.5 Å². The highest BCUT2D eigenvalue weighted by atomic mass is 16.5. The summed E-state index contributed by atoms with van der Waals surface area (Å²) >= 11 is 0. The van der Waals surface area contributed by atoms with E-state index in [1.807, 2.05) is 18.2 Å². The number of aromatic nitrogens is 1. The van der Waals surface area contributed by atoms with Crippen molar-refractivity contribution in [3.8, 4) is 17.2 Å². The van der Waals surface area contributed by atoms with Crippen molar-refractivity contribution in [2.24, 2.45) is 0 Å². The van der Waals surface area contributed by atoms with Crippen molar-refractivity contribution in [1.29, 1.82) is 0 Å². The molecule has 2 rings (SSSR count). The predicted octanol–water partition coefficient (Wildman–Crippen LogP) is 1.85. The molecule has 1 aromatic carbocycles. The van der Waals surface area contributed by atoms with E-state index in [0.717, 1.165) is 5.69 Å². The third-order valence-electron chi connectivity index (χ3n) is 2.45. The Morgan fingerprint density at radius 2 is 1.76 bits per heavy atom. The summed E-state index contributed by atoms with van der Waals surface area (Å²) in [6, 6.07) is 10.4. The molecular weight excluding hydrogens is 218 g/mol. The molecule has 2 aromatic rings.